The van der Waals surface area contributed by atoms with Gasteiger partial charge < -0.3 is 14.6 Å². The van der Waals surface area contributed by atoms with E-state index >= 15 is 0 Å². The predicted molar refractivity (Wildman–Crippen MR) is 120 cm³/mol. The van der Waals surface area contributed by atoms with E-state index in [1.165, 1.54) is 38.5 Å². The Morgan fingerprint density at radius 1 is 0.912 bits per heavy atom. The number of hydrogen-bond acceptors (Lipinski definition) is 7. The molecular weight excluding hydrogens is 443 g/mol. The second kappa shape index (κ2) is 9.53. The number of hydrogen-bond donors (Lipinski definition) is 1. The van der Waals surface area contributed by atoms with Gasteiger partial charge in [0, 0.05) is 17.6 Å². The topological polar surface area (TPSA) is 112 Å². The summed E-state index contributed by atoms with van der Waals surface area (Å²) < 4.78 is 29.1. The van der Waals surface area contributed by atoms with E-state index in [4.69, 9.17) is 14.1 Å². The Kier molecular flexibility index (Phi) is 6.35. The number of carboxylic acid groups (broad SMARTS) is 1. The molecule has 0 radical (unpaired) electrons. The molecule has 0 bridgehead atoms. The van der Waals surface area contributed by atoms with Crippen LogP contribution in [0.25, 0.3) is 16.6 Å². The number of fused-ring (bicyclic) bond motifs is 1. The molecule has 3 aromatic carbocycles. The Bertz CT molecular complexity index is 1410. The SMILES string of the molecule is COc1ccc(C(=O)/C(Cc2ccc(OC)c(F)c2)=C(/C(=O)O)c2ccc3nonc3c2)cc1. The monoisotopic (exact) mass is 462 g/mol. The van der Waals surface area contributed by atoms with Gasteiger partial charge >= 0.3 is 5.97 Å². The van der Waals surface area contributed by atoms with E-state index in [1.807, 2.05) is 0 Å². The van der Waals surface area contributed by atoms with Crippen molar-refractivity contribution in [2.45, 2.75) is 6.42 Å². The number of carbonyl (C=O) groups excluding carboxylic acids is 1. The zero-order valence-electron chi connectivity index (χ0n) is 18.2. The van der Waals surface area contributed by atoms with Crippen molar-refractivity contribution < 1.29 is 33.2 Å². The van der Waals surface area contributed by atoms with Crippen molar-refractivity contribution in [2.24, 2.45) is 0 Å². The summed E-state index contributed by atoms with van der Waals surface area (Å²) in [6.07, 6.45) is -0.136. The minimum Gasteiger partial charge on any atom is -0.497 e. The number of halogens is 1. The fourth-order valence-corrected chi connectivity index (χ4v) is 3.59. The van der Waals surface area contributed by atoms with Gasteiger partial charge in [0.1, 0.15) is 16.8 Å². The molecule has 0 aliphatic carbocycles. The van der Waals surface area contributed by atoms with E-state index in [0.717, 1.165) is 0 Å². The van der Waals surface area contributed by atoms with Crippen LogP contribution in [0.3, 0.4) is 0 Å². The lowest BCUT2D eigenvalue weighted by Crippen LogP contribution is -2.14. The zero-order chi connectivity index (χ0) is 24.2. The number of methoxy groups -OCH3 is 2. The summed E-state index contributed by atoms with van der Waals surface area (Å²) in [5, 5.41) is 17.6. The second-order valence-corrected chi connectivity index (χ2v) is 7.33. The smallest absolute Gasteiger partial charge is 0.336 e. The van der Waals surface area contributed by atoms with Crippen molar-refractivity contribution in [3.8, 4) is 11.5 Å². The summed E-state index contributed by atoms with van der Waals surface area (Å²) in [6.45, 7) is 0. The van der Waals surface area contributed by atoms with Gasteiger partial charge in [0.25, 0.3) is 0 Å². The summed E-state index contributed by atoms with van der Waals surface area (Å²) in [5.74, 6) is -1.88. The molecule has 0 saturated carbocycles. The van der Waals surface area contributed by atoms with Crippen LogP contribution in [0.4, 0.5) is 4.39 Å². The van der Waals surface area contributed by atoms with Crippen molar-refractivity contribution in [3.63, 3.8) is 0 Å². The van der Waals surface area contributed by atoms with Crippen molar-refractivity contribution in [2.75, 3.05) is 14.2 Å². The van der Waals surface area contributed by atoms with Crippen LogP contribution in [-0.2, 0) is 11.2 Å². The molecule has 0 amide bonds. The lowest BCUT2D eigenvalue weighted by atomic mass is 9.89. The number of benzene rings is 3. The average Bonchev–Trinajstić information content (AvgIpc) is 3.31. The number of aromatic nitrogens is 2. The molecule has 0 saturated heterocycles. The fraction of sp³-hybridized carbons (Fsp3) is 0.120. The first-order valence-corrected chi connectivity index (χ1v) is 10.1. The van der Waals surface area contributed by atoms with Gasteiger partial charge in [-0.3, -0.25) is 4.79 Å². The number of Topliss-reactive ketones (excluding diaryl/α,β-unsaturated/α-hetero) is 1. The molecule has 0 spiro atoms. The van der Waals surface area contributed by atoms with Crippen LogP contribution in [0.15, 0.2) is 70.9 Å². The average molecular weight is 462 g/mol. The highest BCUT2D eigenvalue weighted by atomic mass is 19.1. The predicted octanol–water partition coefficient (Wildman–Crippen LogP) is 4.34. The first-order valence-electron chi connectivity index (χ1n) is 10.1. The van der Waals surface area contributed by atoms with Crippen LogP contribution < -0.4 is 9.47 Å². The van der Waals surface area contributed by atoms with Gasteiger partial charge in [0.05, 0.1) is 19.8 Å². The zero-order valence-corrected chi connectivity index (χ0v) is 18.2. The summed E-state index contributed by atoms with van der Waals surface area (Å²) in [5.41, 5.74) is 1.41. The quantitative estimate of drug-likeness (QED) is 0.304. The molecule has 0 fully saturated rings. The second-order valence-electron chi connectivity index (χ2n) is 7.33. The van der Waals surface area contributed by atoms with Gasteiger partial charge in [-0.05, 0) is 70.0 Å². The van der Waals surface area contributed by atoms with Crippen LogP contribution in [0.1, 0.15) is 21.5 Å². The number of rotatable bonds is 8. The van der Waals surface area contributed by atoms with E-state index in [-0.39, 0.29) is 34.4 Å². The Morgan fingerprint density at radius 2 is 1.62 bits per heavy atom. The summed E-state index contributed by atoms with van der Waals surface area (Å²) in [7, 11) is 2.84. The van der Waals surface area contributed by atoms with Crippen LogP contribution in [-0.4, -0.2) is 41.4 Å². The molecule has 0 atom stereocenters. The van der Waals surface area contributed by atoms with Crippen molar-refractivity contribution in [3.05, 3.63) is 88.7 Å². The van der Waals surface area contributed by atoms with Gasteiger partial charge in [-0.1, -0.05) is 12.1 Å². The summed E-state index contributed by atoms with van der Waals surface area (Å²) >= 11 is 0. The molecule has 1 N–H and O–H groups in total. The van der Waals surface area contributed by atoms with Crippen LogP contribution in [0.5, 0.6) is 11.5 Å². The maximum Gasteiger partial charge on any atom is 0.336 e. The normalized spacial score (nSPS) is 11.7. The maximum atomic E-state index is 14.3. The standard InChI is InChI=1S/C25H19FN2O6/c1-32-17-7-4-15(5-8-17)24(29)18(11-14-3-10-22(33-2)19(26)12-14)23(25(30)31)16-6-9-20-21(13-16)28-34-27-20/h3-10,12-13H,11H2,1-2H3,(H,30,31)/b23-18+. The third-order valence-corrected chi connectivity index (χ3v) is 5.28. The van der Waals surface area contributed by atoms with Gasteiger partial charge in [0.2, 0.25) is 0 Å². The lowest BCUT2D eigenvalue weighted by molar-refractivity contribution is -0.130. The van der Waals surface area contributed by atoms with Gasteiger partial charge in [0.15, 0.2) is 17.3 Å². The third-order valence-electron chi connectivity index (χ3n) is 5.28. The minimum atomic E-state index is -1.32. The van der Waals surface area contributed by atoms with Crippen molar-refractivity contribution >= 4 is 28.4 Å². The number of allylic oxidation sites excluding steroid dienone is 1. The molecule has 172 valence electrons. The number of aliphatic carboxylic acids is 1. The number of carbonyl (C=O) groups is 2. The fourth-order valence-electron chi connectivity index (χ4n) is 3.59. The molecule has 0 aliphatic heterocycles. The van der Waals surface area contributed by atoms with Crippen LogP contribution in [0, 0.1) is 5.82 Å². The Morgan fingerprint density at radius 3 is 2.26 bits per heavy atom. The van der Waals surface area contributed by atoms with E-state index < -0.39 is 17.6 Å². The summed E-state index contributed by atoms with van der Waals surface area (Å²) in [6, 6.07) is 15.0. The first kappa shape index (κ1) is 22.7. The van der Waals surface area contributed by atoms with Crippen LogP contribution >= 0.6 is 0 Å². The van der Waals surface area contributed by atoms with Gasteiger partial charge in [-0.2, -0.15) is 0 Å². The molecule has 4 rings (SSSR count). The maximum absolute atomic E-state index is 14.3. The Hall–Kier alpha value is -4.53. The van der Waals surface area contributed by atoms with Gasteiger partial charge in [-0.25, -0.2) is 13.8 Å². The van der Waals surface area contributed by atoms with E-state index in [9.17, 15) is 19.1 Å². The number of ether oxygens (including phenoxy) is 2. The third kappa shape index (κ3) is 4.49. The van der Waals surface area contributed by atoms with Crippen molar-refractivity contribution in [1.82, 2.24) is 10.3 Å². The first-order chi connectivity index (χ1) is 16.4. The molecule has 0 aliphatic rings. The number of nitrogens with zero attached hydrogens (tertiary/aromatic N) is 2. The highest BCUT2D eigenvalue weighted by Gasteiger charge is 2.25. The highest BCUT2D eigenvalue weighted by Crippen LogP contribution is 2.29. The van der Waals surface area contributed by atoms with Gasteiger partial charge in [-0.15, -0.1) is 0 Å². The molecule has 1 aromatic heterocycles. The summed E-state index contributed by atoms with van der Waals surface area (Å²) in [4.78, 5) is 26.0. The highest BCUT2D eigenvalue weighted by molar-refractivity contribution is 6.26. The van der Waals surface area contributed by atoms with Crippen LogP contribution in [0.2, 0.25) is 0 Å². The van der Waals surface area contributed by atoms with E-state index in [1.54, 1.807) is 36.4 Å². The van der Waals surface area contributed by atoms with Crippen molar-refractivity contribution in [1.29, 1.82) is 0 Å². The number of carboxylic acids is 1. The Balaban J connectivity index is 1.89. The molecule has 1 heterocycles. The minimum absolute atomic E-state index is 0.0296. The molecule has 9 heteroatoms. The molecule has 8 nitrogen and oxygen atoms in total. The van der Waals surface area contributed by atoms with E-state index in [0.29, 0.717) is 22.3 Å². The molecular formula is C25H19FN2O6. The molecule has 4 aromatic rings. The molecule has 0 unspecified atom stereocenters. The van der Waals surface area contributed by atoms with E-state index in [2.05, 4.69) is 10.3 Å². The largest absolute Gasteiger partial charge is 0.497 e. The molecule has 34 heavy (non-hydrogen) atoms. The lowest BCUT2D eigenvalue weighted by Gasteiger charge is -2.14. The number of ketones is 1. The Labute approximate surface area is 193 Å².